The van der Waals surface area contributed by atoms with E-state index in [1.165, 1.54) is 4.90 Å². The number of aromatic nitrogens is 3. The first kappa shape index (κ1) is 12.1. The molecular weight excluding hydrogens is 250 g/mol. The number of H-pyrrole nitrogens is 1. The highest BCUT2D eigenvalue weighted by Gasteiger charge is 2.39. The fourth-order valence-corrected chi connectivity index (χ4v) is 2.35. The summed E-state index contributed by atoms with van der Waals surface area (Å²) in [5.41, 5.74) is 5.24. The Morgan fingerprint density at radius 1 is 1.42 bits per heavy atom. The number of nitrogens with zero attached hydrogens (tertiary/aromatic N) is 3. The second-order valence-corrected chi connectivity index (χ2v) is 5.08. The van der Waals surface area contributed by atoms with E-state index in [2.05, 4.69) is 15.2 Å². The Bertz CT molecular complexity index is 524. The third-order valence-electron chi connectivity index (χ3n) is 3.53. The standard InChI is InChI=1S/C11H15N5O3/c12-8(18)7-3-6(17)4-16(7)11(19)10-13-9(14-15-10)5-1-2-5/h5-7,17H,1-4H2,(H2,12,18)(H,13,14,15). The van der Waals surface area contributed by atoms with E-state index in [-0.39, 0.29) is 18.8 Å². The van der Waals surface area contributed by atoms with Crippen LogP contribution in [0.2, 0.25) is 0 Å². The van der Waals surface area contributed by atoms with Crippen LogP contribution in [-0.4, -0.2) is 55.7 Å². The molecule has 3 rings (SSSR count). The largest absolute Gasteiger partial charge is 0.391 e. The number of aliphatic hydroxyl groups is 1. The lowest BCUT2D eigenvalue weighted by molar-refractivity contribution is -0.121. The third kappa shape index (κ3) is 2.19. The number of carbonyl (C=O) groups is 2. The van der Waals surface area contributed by atoms with E-state index < -0.39 is 24.0 Å². The fourth-order valence-electron chi connectivity index (χ4n) is 2.35. The molecule has 2 amide bonds. The van der Waals surface area contributed by atoms with E-state index >= 15 is 0 Å². The van der Waals surface area contributed by atoms with Crippen molar-refractivity contribution in [2.45, 2.75) is 37.3 Å². The van der Waals surface area contributed by atoms with E-state index in [0.29, 0.717) is 11.7 Å². The summed E-state index contributed by atoms with van der Waals surface area (Å²) < 4.78 is 0. The van der Waals surface area contributed by atoms with Gasteiger partial charge in [-0.3, -0.25) is 14.7 Å². The molecule has 1 aromatic heterocycles. The first-order valence-electron chi connectivity index (χ1n) is 6.27. The Morgan fingerprint density at radius 3 is 2.79 bits per heavy atom. The molecule has 2 heterocycles. The van der Waals surface area contributed by atoms with Crippen LogP contribution in [0.3, 0.4) is 0 Å². The summed E-state index contributed by atoms with van der Waals surface area (Å²) in [5, 5.41) is 16.2. The van der Waals surface area contributed by atoms with Gasteiger partial charge in [-0.25, -0.2) is 4.98 Å². The first-order chi connectivity index (χ1) is 9.06. The summed E-state index contributed by atoms with van der Waals surface area (Å²) in [6, 6.07) is -0.787. The molecule has 1 aliphatic carbocycles. The SMILES string of the molecule is NC(=O)C1CC(O)CN1C(=O)c1n[nH]c(C2CC2)n1. The van der Waals surface area contributed by atoms with Crippen molar-refractivity contribution >= 4 is 11.8 Å². The maximum atomic E-state index is 12.2. The Kier molecular flexibility index (Phi) is 2.74. The number of nitrogens with two attached hydrogens (primary N) is 1. The van der Waals surface area contributed by atoms with Crippen LogP contribution in [0.15, 0.2) is 0 Å². The number of rotatable bonds is 3. The van der Waals surface area contributed by atoms with Crippen molar-refractivity contribution in [1.29, 1.82) is 0 Å². The Morgan fingerprint density at radius 2 is 2.16 bits per heavy atom. The van der Waals surface area contributed by atoms with Gasteiger partial charge in [0.25, 0.3) is 5.91 Å². The average molecular weight is 265 g/mol. The van der Waals surface area contributed by atoms with Crippen LogP contribution in [-0.2, 0) is 4.79 Å². The summed E-state index contributed by atoms with van der Waals surface area (Å²) >= 11 is 0. The topological polar surface area (TPSA) is 125 Å². The van der Waals surface area contributed by atoms with Crippen LogP contribution in [0.5, 0.6) is 0 Å². The predicted octanol–water partition coefficient (Wildman–Crippen LogP) is -1.26. The lowest BCUT2D eigenvalue weighted by Gasteiger charge is -2.19. The highest BCUT2D eigenvalue weighted by molar-refractivity contribution is 5.95. The minimum atomic E-state index is -0.787. The normalized spacial score (nSPS) is 26.7. The van der Waals surface area contributed by atoms with Gasteiger partial charge >= 0.3 is 0 Å². The molecule has 1 saturated carbocycles. The number of carbonyl (C=O) groups excluding carboxylic acids is 2. The molecule has 2 fully saturated rings. The highest BCUT2D eigenvalue weighted by atomic mass is 16.3. The molecule has 2 unspecified atom stereocenters. The van der Waals surface area contributed by atoms with E-state index in [4.69, 9.17) is 5.73 Å². The summed E-state index contributed by atoms with van der Waals surface area (Å²) in [6.45, 7) is 0.0831. The van der Waals surface area contributed by atoms with Gasteiger partial charge in [0, 0.05) is 18.9 Å². The number of likely N-dealkylation sites (tertiary alicyclic amines) is 1. The van der Waals surface area contributed by atoms with Crippen molar-refractivity contribution in [2.24, 2.45) is 5.73 Å². The summed E-state index contributed by atoms with van der Waals surface area (Å²) in [5.74, 6) is 0.0116. The van der Waals surface area contributed by atoms with E-state index in [0.717, 1.165) is 12.8 Å². The molecule has 0 radical (unpaired) electrons. The maximum absolute atomic E-state index is 12.2. The minimum absolute atomic E-state index is 0.0299. The lowest BCUT2D eigenvalue weighted by atomic mass is 10.2. The van der Waals surface area contributed by atoms with Crippen LogP contribution in [0.4, 0.5) is 0 Å². The molecule has 0 spiro atoms. The molecule has 1 aliphatic heterocycles. The number of hydrogen-bond donors (Lipinski definition) is 3. The number of aliphatic hydroxyl groups excluding tert-OH is 1. The minimum Gasteiger partial charge on any atom is -0.391 e. The molecule has 0 bridgehead atoms. The molecular formula is C11H15N5O3. The van der Waals surface area contributed by atoms with Crippen molar-refractivity contribution < 1.29 is 14.7 Å². The molecule has 8 heteroatoms. The Balaban J connectivity index is 1.79. The molecule has 1 aromatic rings. The van der Waals surface area contributed by atoms with Crippen LogP contribution >= 0.6 is 0 Å². The van der Waals surface area contributed by atoms with Gasteiger partial charge in [0.1, 0.15) is 11.9 Å². The summed E-state index contributed by atoms with van der Waals surface area (Å²) in [6.07, 6.45) is 1.54. The fraction of sp³-hybridized carbons (Fsp3) is 0.636. The van der Waals surface area contributed by atoms with Crippen LogP contribution in [0.1, 0.15) is 41.6 Å². The Hall–Kier alpha value is -1.96. The number of nitrogens with one attached hydrogen (secondary N) is 1. The van der Waals surface area contributed by atoms with Gasteiger partial charge in [0.05, 0.1) is 6.10 Å². The lowest BCUT2D eigenvalue weighted by Crippen LogP contribution is -2.44. The molecule has 4 N–H and O–H groups in total. The second kappa shape index (κ2) is 4.30. The molecule has 2 atom stereocenters. The van der Waals surface area contributed by atoms with Crippen molar-refractivity contribution in [1.82, 2.24) is 20.1 Å². The monoisotopic (exact) mass is 265 g/mol. The molecule has 102 valence electrons. The first-order valence-corrected chi connectivity index (χ1v) is 6.27. The Labute approximate surface area is 109 Å². The number of hydrogen-bond acceptors (Lipinski definition) is 5. The zero-order valence-electron chi connectivity index (χ0n) is 10.2. The van der Waals surface area contributed by atoms with Gasteiger partial charge in [0.15, 0.2) is 0 Å². The van der Waals surface area contributed by atoms with Crippen molar-refractivity contribution in [2.75, 3.05) is 6.54 Å². The predicted molar refractivity (Wildman–Crippen MR) is 63.0 cm³/mol. The summed E-state index contributed by atoms with van der Waals surface area (Å²) in [7, 11) is 0. The van der Waals surface area contributed by atoms with Crippen molar-refractivity contribution in [3.05, 3.63) is 11.6 Å². The second-order valence-electron chi connectivity index (χ2n) is 5.08. The van der Waals surface area contributed by atoms with Crippen LogP contribution in [0.25, 0.3) is 0 Å². The smallest absolute Gasteiger partial charge is 0.294 e. The van der Waals surface area contributed by atoms with Crippen LogP contribution < -0.4 is 5.73 Å². The molecule has 1 saturated heterocycles. The zero-order chi connectivity index (χ0) is 13.6. The molecule has 19 heavy (non-hydrogen) atoms. The molecule has 0 aromatic carbocycles. The number of amides is 2. The van der Waals surface area contributed by atoms with Gasteiger partial charge in [-0.15, -0.1) is 5.10 Å². The van der Waals surface area contributed by atoms with Crippen molar-refractivity contribution in [3.63, 3.8) is 0 Å². The van der Waals surface area contributed by atoms with Crippen molar-refractivity contribution in [3.8, 4) is 0 Å². The average Bonchev–Trinajstić information content (AvgIpc) is 2.96. The van der Waals surface area contributed by atoms with Crippen LogP contribution in [0, 0.1) is 0 Å². The molecule has 2 aliphatic rings. The third-order valence-corrected chi connectivity index (χ3v) is 3.53. The maximum Gasteiger partial charge on any atom is 0.294 e. The number of aromatic amines is 1. The highest BCUT2D eigenvalue weighted by Crippen LogP contribution is 2.37. The molecule has 8 nitrogen and oxygen atoms in total. The summed E-state index contributed by atoms with van der Waals surface area (Å²) in [4.78, 5) is 28.9. The number of β-amino-alcohol motifs (C(OH)–C–C–N with tert-alkyl or cyclic N) is 1. The zero-order valence-corrected chi connectivity index (χ0v) is 10.2. The van der Waals surface area contributed by atoms with E-state index in [9.17, 15) is 14.7 Å². The van der Waals surface area contributed by atoms with Gasteiger partial charge < -0.3 is 15.7 Å². The van der Waals surface area contributed by atoms with E-state index in [1.54, 1.807) is 0 Å². The quantitative estimate of drug-likeness (QED) is 0.629. The van der Waals surface area contributed by atoms with E-state index in [1.807, 2.05) is 0 Å². The van der Waals surface area contributed by atoms with Gasteiger partial charge in [0.2, 0.25) is 11.7 Å². The van der Waals surface area contributed by atoms with Gasteiger partial charge in [-0.2, -0.15) is 0 Å². The van der Waals surface area contributed by atoms with Gasteiger partial charge in [-0.05, 0) is 12.8 Å². The number of primary amides is 1. The van der Waals surface area contributed by atoms with Gasteiger partial charge in [-0.1, -0.05) is 0 Å².